The van der Waals surface area contributed by atoms with Crippen LogP contribution in [0.25, 0.3) is 0 Å². The second-order valence-electron chi connectivity index (χ2n) is 5.88. The van der Waals surface area contributed by atoms with E-state index in [1.165, 1.54) is 86.4 Å². The summed E-state index contributed by atoms with van der Waals surface area (Å²) in [7, 11) is 2.09. The summed E-state index contributed by atoms with van der Waals surface area (Å²) in [5, 5.41) is 4.73. The summed E-state index contributed by atoms with van der Waals surface area (Å²) in [6, 6.07) is 0. The van der Waals surface area contributed by atoms with Crippen LogP contribution in [0.15, 0.2) is 0 Å². The molecule has 0 bridgehead atoms. The van der Waals surface area contributed by atoms with Crippen molar-refractivity contribution in [2.75, 3.05) is 0 Å². The van der Waals surface area contributed by atoms with Crippen LogP contribution in [0.3, 0.4) is 0 Å². The Balaban J connectivity index is 1.99. The van der Waals surface area contributed by atoms with Crippen LogP contribution in [-0.2, 0) is 19.9 Å². The Morgan fingerprint density at radius 2 is 1.26 bits per heavy atom. The first-order valence-electron chi connectivity index (χ1n) is 7.99. The van der Waals surface area contributed by atoms with E-state index in [1.54, 1.807) is 5.56 Å². The number of halogens is 1. The molecule has 1 heterocycles. The average molecular weight is 374 g/mol. The van der Waals surface area contributed by atoms with Gasteiger partial charge < -0.3 is 0 Å². The second-order valence-corrected chi connectivity index (χ2v) is 6.90. The summed E-state index contributed by atoms with van der Waals surface area (Å²) in [4.78, 5) is 0. The fourth-order valence-electron chi connectivity index (χ4n) is 3.06. The van der Waals surface area contributed by atoms with E-state index in [0.717, 1.165) is 0 Å². The number of hydrogen-bond donors (Lipinski definition) is 0. The highest BCUT2D eigenvalue weighted by molar-refractivity contribution is 14.1. The summed E-state index contributed by atoms with van der Waals surface area (Å²) in [6.45, 7) is 0. The van der Waals surface area contributed by atoms with Gasteiger partial charge in [-0.2, -0.15) is 5.10 Å². The number of aryl methyl sites for hydroxylation is 2. The second kappa shape index (κ2) is 8.28. The molecule has 2 nitrogen and oxygen atoms in total. The summed E-state index contributed by atoms with van der Waals surface area (Å²) in [5.74, 6) is 0. The van der Waals surface area contributed by atoms with Crippen LogP contribution in [0, 0.1) is 3.70 Å². The fraction of sp³-hybridized carbons (Fsp3) is 0.812. The van der Waals surface area contributed by atoms with Crippen LogP contribution in [0.2, 0.25) is 0 Å². The first-order valence-corrected chi connectivity index (χ1v) is 9.07. The molecule has 0 atom stereocenters. The molecular weight excluding hydrogens is 347 g/mol. The molecule has 19 heavy (non-hydrogen) atoms. The lowest BCUT2D eigenvalue weighted by atomic mass is 10.00. The van der Waals surface area contributed by atoms with Gasteiger partial charge in [0, 0.05) is 12.6 Å². The first kappa shape index (κ1) is 15.3. The first-order chi connectivity index (χ1) is 9.29. The van der Waals surface area contributed by atoms with Gasteiger partial charge in [0.25, 0.3) is 0 Å². The van der Waals surface area contributed by atoms with Crippen LogP contribution in [0.4, 0.5) is 0 Å². The highest BCUT2D eigenvalue weighted by Crippen LogP contribution is 2.22. The predicted molar refractivity (Wildman–Crippen MR) is 89.5 cm³/mol. The van der Waals surface area contributed by atoms with Crippen LogP contribution >= 0.6 is 22.6 Å². The highest BCUT2D eigenvalue weighted by Gasteiger charge is 2.13. The van der Waals surface area contributed by atoms with E-state index in [-0.39, 0.29) is 0 Å². The third kappa shape index (κ3) is 4.76. The molecule has 0 fully saturated rings. The van der Waals surface area contributed by atoms with Crippen molar-refractivity contribution in [2.45, 2.75) is 77.0 Å². The van der Waals surface area contributed by atoms with Crippen molar-refractivity contribution in [2.24, 2.45) is 7.05 Å². The molecule has 2 rings (SSSR count). The lowest BCUT2D eigenvalue weighted by Gasteiger charge is -2.06. The lowest BCUT2D eigenvalue weighted by molar-refractivity contribution is 0.545. The van der Waals surface area contributed by atoms with E-state index < -0.39 is 0 Å². The Labute approximate surface area is 131 Å². The monoisotopic (exact) mass is 374 g/mol. The number of aromatic nitrogens is 2. The number of hydrogen-bond acceptors (Lipinski definition) is 1. The summed E-state index contributed by atoms with van der Waals surface area (Å²) in [6.07, 6.45) is 16.5. The molecule has 108 valence electrons. The maximum atomic E-state index is 4.73. The Morgan fingerprint density at radius 1 is 0.789 bits per heavy atom. The zero-order chi connectivity index (χ0) is 13.5. The molecule has 1 aromatic heterocycles. The van der Waals surface area contributed by atoms with Crippen LogP contribution in [0.5, 0.6) is 0 Å². The van der Waals surface area contributed by atoms with Gasteiger partial charge in [-0.3, -0.25) is 4.68 Å². The van der Waals surface area contributed by atoms with Gasteiger partial charge in [-0.05, 0) is 48.3 Å². The van der Waals surface area contributed by atoms with Crippen molar-refractivity contribution in [1.29, 1.82) is 0 Å². The summed E-state index contributed by atoms with van der Waals surface area (Å²) < 4.78 is 3.43. The normalized spacial score (nSPS) is 19.7. The van der Waals surface area contributed by atoms with Crippen molar-refractivity contribution in [3.05, 3.63) is 15.0 Å². The number of rotatable bonds is 0. The molecule has 0 unspecified atom stereocenters. The van der Waals surface area contributed by atoms with E-state index in [1.807, 2.05) is 0 Å². The Kier molecular flexibility index (Phi) is 6.68. The molecule has 0 radical (unpaired) electrons. The molecule has 0 amide bonds. The molecule has 0 saturated carbocycles. The molecule has 0 aliphatic heterocycles. The molecule has 0 aromatic carbocycles. The molecule has 3 heteroatoms. The topological polar surface area (TPSA) is 17.8 Å². The highest BCUT2D eigenvalue weighted by atomic mass is 127. The van der Waals surface area contributed by atoms with Gasteiger partial charge in [0.1, 0.15) is 3.70 Å². The van der Waals surface area contributed by atoms with Gasteiger partial charge in [0.05, 0.1) is 5.69 Å². The average Bonchev–Trinajstić information content (AvgIpc) is 2.67. The van der Waals surface area contributed by atoms with Gasteiger partial charge >= 0.3 is 0 Å². The van der Waals surface area contributed by atoms with Gasteiger partial charge in [0.15, 0.2) is 0 Å². The van der Waals surface area contributed by atoms with Crippen molar-refractivity contribution in [3.63, 3.8) is 0 Å². The molecule has 1 aliphatic rings. The van der Waals surface area contributed by atoms with E-state index in [2.05, 4.69) is 34.3 Å². The van der Waals surface area contributed by atoms with E-state index in [0.29, 0.717) is 0 Å². The predicted octanol–water partition coefficient (Wildman–Crippen LogP) is 5.02. The molecule has 0 N–H and O–H groups in total. The Morgan fingerprint density at radius 3 is 1.84 bits per heavy atom. The fourth-order valence-corrected chi connectivity index (χ4v) is 3.75. The zero-order valence-corrected chi connectivity index (χ0v) is 14.4. The Hall–Kier alpha value is -0.0600. The van der Waals surface area contributed by atoms with Gasteiger partial charge in [-0.25, -0.2) is 0 Å². The maximum Gasteiger partial charge on any atom is 0.102 e. The molecule has 0 saturated heterocycles. The summed E-state index contributed by atoms with van der Waals surface area (Å²) in [5.41, 5.74) is 2.92. The van der Waals surface area contributed by atoms with Crippen molar-refractivity contribution in [3.8, 4) is 0 Å². The number of fused-ring (bicyclic) bond motifs is 1. The quantitative estimate of drug-likeness (QED) is 0.583. The third-order valence-corrected chi connectivity index (χ3v) is 5.59. The Bertz CT molecular complexity index is 384. The lowest BCUT2D eigenvalue weighted by Crippen LogP contribution is -1.96. The molecule has 1 aromatic rings. The number of nitrogens with zero attached hydrogens (tertiary/aromatic N) is 2. The minimum absolute atomic E-state index is 1.19. The van der Waals surface area contributed by atoms with Crippen LogP contribution < -0.4 is 0 Å². The standard InChI is InChI=1S/C16H27IN2/c1-19-16(17)14-12-10-8-6-4-2-3-5-7-9-11-13-15(14)18-19/h2-13H2,1H3. The summed E-state index contributed by atoms with van der Waals surface area (Å²) >= 11 is 2.47. The minimum Gasteiger partial charge on any atom is -0.262 e. The SMILES string of the molecule is Cn1nc2c(c1I)CCCCCCCCCCCC2. The van der Waals surface area contributed by atoms with Crippen molar-refractivity contribution >= 4 is 22.6 Å². The van der Waals surface area contributed by atoms with Crippen molar-refractivity contribution in [1.82, 2.24) is 9.78 Å². The van der Waals surface area contributed by atoms with E-state index in [4.69, 9.17) is 5.10 Å². The van der Waals surface area contributed by atoms with Gasteiger partial charge in [-0.1, -0.05) is 51.4 Å². The maximum absolute atomic E-state index is 4.73. The molecular formula is C16H27IN2. The third-order valence-electron chi connectivity index (χ3n) is 4.24. The van der Waals surface area contributed by atoms with Crippen molar-refractivity contribution < 1.29 is 0 Å². The van der Waals surface area contributed by atoms with E-state index >= 15 is 0 Å². The zero-order valence-electron chi connectivity index (χ0n) is 12.3. The van der Waals surface area contributed by atoms with Crippen LogP contribution in [0.1, 0.15) is 75.5 Å². The molecule has 1 aliphatic carbocycles. The van der Waals surface area contributed by atoms with Gasteiger partial charge in [-0.15, -0.1) is 0 Å². The minimum atomic E-state index is 1.19. The van der Waals surface area contributed by atoms with E-state index in [9.17, 15) is 0 Å². The van der Waals surface area contributed by atoms with Crippen LogP contribution in [-0.4, -0.2) is 9.78 Å². The largest absolute Gasteiger partial charge is 0.262 e. The molecule has 0 spiro atoms. The van der Waals surface area contributed by atoms with Gasteiger partial charge in [0.2, 0.25) is 0 Å². The smallest absolute Gasteiger partial charge is 0.102 e.